The number of amides is 1. The lowest BCUT2D eigenvalue weighted by Crippen LogP contribution is -2.29. The highest BCUT2D eigenvalue weighted by Gasteiger charge is 2.14. The van der Waals surface area contributed by atoms with Crippen LogP contribution in [0, 0.1) is 13.8 Å². The van der Waals surface area contributed by atoms with E-state index in [1.807, 2.05) is 19.9 Å². The summed E-state index contributed by atoms with van der Waals surface area (Å²) in [5.41, 5.74) is 6.57. The molecule has 0 fully saturated rings. The van der Waals surface area contributed by atoms with E-state index in [2.05, 4.69) is 0 Å². The van der Waals surface area contributed by atoms with Crippen LogP contribution in [0.25, 0.3) is 0 Å². The second-order valence-electron chi connectivity index (χ2n) is 3.79. The molecule has 1 aromatic rings. The first-order chi connectivity index (χ1) is 7.41. The van der Waals surface area contributed by atoms with Crippen LogP contribution in [0.5, 0.6) is 0 Å². The van der Waals surface area contributed by atoms with Crippen LogP contribution in [0.4, 0.5) is 0 Å². The maximum atomic E-state index is 12.0. The Bertz CT molecular complexity index is 393. The molecule has 0 bridgehead atoms. The van der Waals surface area contributed by atoms with E-state index in [0.717, 1.165) is 10.4 Å². The van der Waals surface area contributed by atoms with Crippen molar-refractivity contribution in [2.75, 3.05) is 13.6 Å². The Hall–Kier alpha value is -0.940. The van der Waals surface area contributed by atoms with Gasteiger partial charge in [-0.25, -0.2) is 0 Å². The Morgan fingerprint density at radius 1 is 1.56 bits per heavy atom. The maximum absolute atomic E-state index is 12.0. The third-order valence-electron chi connectivity index (χ3n) is 2.42. The van der Waals surface area contributed by atoms with Gasteiger partial charge in [-0.2, -0.15) is 0 Å². The molecule has 16 heavy (non-hydrogen) atoms. The molecule has 0 spiro atoms. The highest BCUT2D eigenvalue weighted by molar-refractivity contribution is 7.80. The monoisotopic (exact) mass is 256 g/mol. The highest BCUT2D eigenvalue weighted by atomic mass is 32.1. The zero-order valence-corrected chi connectivity index (χ0v) is 11.4. The minimum absolute atomic E-state index is 0.0393. The second-order valence-corrected chi connectivity index (χ2v) is 5.57. The summed E-state index contributed by atoms with van der Waals surface area (Å²) in [6.45, 7) is 4.60. The van der Waals surface area contributed by atoms with Crippen LogP contribution in [-0.4, -0.2) is 29.4 Å². The van der Waals surface area contributed by atoms with Gasteiger partial charge in [-0.15, -0.1) is 11.3 Å². The van der Waals surface area contributed by atoms with Gasteiger partial charge in [-0.1, -0.05) is 12.2 Å². The molecule has 0 unspecified atom stereocenters. The van der Waals surface area contributed by atoms with E-state index in [4.69, 9.17) is 18.0 Å². The number of aryl methyl sites for hydroxylation is 2. The van der Waals surface area contributed by atoms with Crippen molar-refractivity contribution >= 4 is 34.5 Å². The fraction of sp³-hybridized carbons (Fsp3) is 0.455. The molecule has 0 aliphatic rings. The minimum atomic E-state index is 0.0393. The summed E-state index contributed by atoms with van der Waals surface area (Å²) in [6.07, 6.45) is 0.570. The van der Waals surface area contributed by atoms with Gasteiger partial charge in [-0.3, -0.25) is 4.79 Å². The van der Waals surface area contributed by atoms with Crippen molar-refractivity contribution in [1.82, 2.24) is 4.90 Å². The maximum Gasteiger partial charge on any atom is 0.263 e. The summed E-state index contributed by atoms with van der Waals surface area (Å²) in [5.74, 6) is 0.0393. The third-order valence-corrected chi connectivity index (χ3v) is 3.76. The lowest BCUT2D eigenvalue weighted by atomic mass is 10.2. The molecule has 1 aromatic heterocycles. The smallest absolute Gasteiger partial charge is 0.263 e. The van der Waals surface area contributed by atoms with Gasteiger partial charge >= 0.3 is 0 Å². The van der Waals surface area contributed by atoms with Gasteiger partial charge < -0.3 is 10.6 Å². The first-order valence-electron chi connectivity index (χ1n) is 5.02. The number of carbonyl (C=O) groups is 1. The number of rotatable bonds is 4. The van der Waals surface area contributed by atoms with Gasteiger partial charge in [0.2, 0.25) is 0 Å². The highest BCUT2D eigenvalue weighted by Crippen LogP contribution is 2.21. The molecule has 3 nitrogen and oxygen atoms in total. The second kappa shape index (κ2) is 5.41. The molecule has 1 heterocycles. The number of thiocarbonyl (C=S) groups is 1. The van der Waals surface area contributed by atoms with Gasteiger partial charge in [-0.05, 0) is 25.5 Å². The van der Waals surface area contributed by atoms with E-state index in [1.54, 1.807) is 11.9 Å². The van der Waals surface area contributed by atoms with E-state index in [9.17, 15) is 4.79 Å². The SMILES string of the molecule is Cc1cc(C(=O)N(C)CCC(N)=S)sc1C. The Balaban J connectivity index is 2.66. The van der Waals surface area contributed by atoms with Crippen molar-refractivity contribution in [2.45, 2.75) is 20.3 Å². The summed E-state index contributed by atoms with van der Waals surface area (Å²) in [7, 11) is 1.77. The normalized spacial score (nSPS) is 10.2. The molecule has 2 N–H and O–H groups in total. The zero-order chi connectivity index (χ0) is 12.3. The number of thiophene rings is 1. The summed E-state index contributed by atoms with van der Waals surface area (Å²) < 4.78 is 0. The van der Waals surface area contributed by atoms with Gasteiger partial charge in [0.25, 0.3) is 5.91 Å². The molecule has 0 aliphatic heterocycles. The third kappa shape index (κ3) is 3.28. The van der Waals surface area contributed by atoms with Gasteiger partial charge in [0.15, 0.2) is 0 Å². The molecule has 0 atom stereocenters. The summed E-state index contributed by atoms with van der Waals surface area (Å²) in [5, 5.41) is 0. The van der Waals surface area contributed by atoms with E-state index in [-0.39, 0.29) is 5.91 Å². The van der Waals surface area contributed by atoms with E-state index < -0.39 is 0 Å². The molecular weight excluding hydrogens is 240 g/mol. The molecule has 0 saturated carbocycles. The van der Waals surface area contributed by atoms with Crippen molar-refractivity contribution < 1.29 is 4.79 Å². The number of carbonyl (C=O) groups excluding carboxylic acids is 1. The molecule has 1 rings (SSSR count). The Kier molecular flexibility index (Phi) is 4.44. The van der Waals surface area contributed by atoms with Gasteiger partial charge in [0, 0.05) is 24.9 Å². The number of nitrogens with zero attached hydrogens (tertiary/aromatic N) is 1. The summed E-state index contributed by atoms with van der Waals surface area (Å²) in [6, 6.07) is 1.93. The Morgan fingerprint density at radius 2 is 2.19 bits per heavy atom. The first-order valence-corrected chi connectivity index (χ1v) is 6.25. The van der Waals surface area contributed by atoms with Gasteiger partial charge in [0.05, 0.1) is 9.87 Å². The fourth-order valence-corrected chi connectivity index (χ4v) is 2.37. The lowest BCUT2D eigenvalue weighted by Gasteiger charge is -2.15. The van der Waals surface area contributed by atoms with Crippen LogP contribution in [0.15, 0.2) is 6.07 Å². The van der Waals surface area contributed by atoms with Crippen LogP contribution in [-0.2, 0) is 0 Å². The predicted molar refractivity (Wildman–Crippen MR) is 72.2 cm³/mol. The van der Waals surface area contributed by atoms with Crippen LogP contribution in [0.2, 0.25) is 0 Å². The predicted octanol–water partition coefficient (Wildman–Crippen LogP) is 2.11. The largest absolute Gasteiger partial charge is 0.393 e. The zero-order valence-electron chi connectivity index (χ0n) is 9.74. The average Bonchev–Trinajstić information content (AvgIpc) is 2.54. The average molecular weight is 256 g/mol. The fourth-order valence-electron chi connectivity index (χ4n) is 1.25. The van der Waals surface area contributed by atoms with E-state index in [0.29, 0.717) is 18.0 Å². The molecule has 5 heteroatoms. The Morgan fingerprint density at radius 3 is 2.62 bits per heavy atom. The lowest BCUT2D eigenvalue weighted by molar-refractivity contribution is 0.0803. The molecule has 0 aliphatic carbocycles. The molecule has 0 saturated heterocycles. The van der Waals surface area contributed by atoms with E-state index >= 15 is 0 Å². The number of hydrogen-bond acceptors (Lipinski definition) is 3. The van der Waals surface area contributed by atoms with Crippen molar-refractivity contribution in [2.24, 2.45) is 5.73 Å². The summed E-state index contributed by atoms with van der Waals surface area (Å²) >= 11 is 6.31. The number of hydrogen-bond donors (Lipinski definition) is 1. The van der Waals surface area contributed by atoms with Crippen molar-refractivity contribution in [1.29, 1.82) is 0 Å². The van der Waals surface area contributed by atoms with Crippen LogP contribution in [0.1, 0.15) is 26.5 Å². The standard InChI is InChI=1S/C11H16N2OS2/c1-7-6-9(16-8(7)2)11(14)13(3)5-4-10(12)15/h6H,4-5H2,1-3H3,(H2,12,15). The quantitative estimate of drug-likeness (QED) is 0.839. The van der Waals surface area contributed by atoms with Gasteiger partial charge in [0.1, 0.15) is 0 Å². The Labute approximate surface area is 105 Å². The van der Waals surface area contributed by atoms with Crippen LogP contribution in [0.3, 0.4) is 0 Å². The number of nitrogens with two attached hydrogens (primary N) is 1. The first kappa shape index (κ1) is 13.1. The molecule has 88 valence electrons. The van der Waals surface area contributed by atoms with Crippen molar-refractivity contribution in [3.8, 4) is 0 Å². The van der Waals surface area contributed by atoms with E-state index in [1.165, 1.54) is 16.2 Å². The van der Waals surface area contributed by atoms with Crippen molar-refractivity contribution in [3.05, 3.63) is 21.4 Å². The molecule has 0 aromatic carbocycles. The topological polar surface area (TPSA) is 46.3 Å². The summed E-state index contributed by atoms with van der Waals surface area (Å²) in [4.78, 5) is 16.0. The van der Waals surface area contributed by atoms with Crippen molar-refractivity contribution in [3.63, 3.8) is 0 Å². The molecule has 0 radical (unpaired) electrons. The minimum Gasteiger partial charge on any atom is -0.393 e. The molecule has 1 amide bonds. The van der Waals surface area contributed by atoms with Crippen LogP contribution < -0.4 is 5.73 Å². The van der Waals surface area contributed by atoms with Crippen LogP contribution >= 0.6 is 23.6 Å². The molecular formula is C11H16N2OS2.